The number of hydrogen-bond donors (Lipinski definition) is 2. The Morgan fingerprint density at radius 2 is 1.93 bits per heavy atom. The van der Waals surface area contributed by atoms with E-state index in [9.17, 15) is 4.79 Å². The zero-order valence-electron chi connectivity index (χ0n) is 15.7. The maximum Gasteiger partial charge on any atom is 0.305 e. The highest BCUT2D eigenvalue weighted by Gasteiger charge is 2.14. The molecule has 0 aliphatic rings. The minimum atomic E-state index is -0.841. The van der Waals surface area contributed by atoms with Crippen LogP contribution in [0.4, 0.5) is 11.5 Å². The van der Waals surface area contributed by atoms with Gasteiger partial charge in [-0.25, -0.2) is 4.98 Å². The highest BCUT2D eigenvalue weighted by Crippen LogP contribution is 2.37. The lowest BCUT2D eigenvalue weighted by atomic mass is 9.99. The smallest absolute Gasteiger partial charge is 0.305 e. The Morgan fingerprint density at radius 1 is 1.15 bits per heavy atom. The first-order chi connectivity index (χ1) is 13.0. The fourth-order valence-electron chi connectivity index (χ4n) is 3.02. The van der Waals surface area contributed by atoms with E-state index in [0.29, 0.717) is 12.4 Å². The largest absolute Gasteiger partial charge is 0.496 e. The molecule has 1 aromatic heterocycles. The van der Waals surface area contributed by atoms with Gasteiger partial charge in [0, 0.05) is 49.0 Å². The van der Waals surface area contributed by atoms with Gasteiger partial charge in [0.1, 0.15) is 11.6 Å². The van der Waals surface area contributed by atoms with E-state index in [1.807, 2.05) is 43.3 Å². The Labute approximate surface area is 158 Å². The highest BCUT2D eigenvalue weighted by molar-refractivity contribution is 6.04. The van der Waals surface area contributed by atoms with Crippen molar-refractivity contribution in [3.05, 3.63) is 48.7 Å². The van der Waals surface area contributed by atoms with Crippen molar-refractivity contribution in [2.24, 2.45) is 0 Å². The van der Waals surface area contributed by atoms with Crippen LogP contribution >= 0.6 is 0 Å². The molecule has 2 N–H and O–H groups in total. The molecule has 6 nitrogen and oxygen atoms in total. The molecular formula is C21H23N3O3. The summed E-state index contributed by atoms with van der Waals surface area (Å²) in [5, 5.41) is 14.0. The van der Waals surface area contributed by atoms with Crippen LogP contribution in [0.25, 0.3) is 21.9 Å². The number of fused-ring (bicyclic) bond motifs is 1. The minimum absolute atomic E-state index is 0.0325. The molecule has 2 aromatic carbocycles. The maximum atomic E-state index is 10.8. The molecule has 0 saturated carbocycles. The predicted octanol–water partition coefficient (Wildman–Crippen LogP) is 3.86. The second kappa shape index (κ2) is 7.95. The Balaban J connectivity index is 2.15. The number of nitrogens with one attached hydrogen (secondary N) is 1. The first kappa shape index (κ1) is 18.5. The van der Waals surface area contributed by atoms with Crippen LogP contribution in [-0.4, -0.2) is 43.8 Å². The van der Waals surface area contributed by atoms with Crippen molar-refractivity contribution in [2.75, 3.05) is 38.0 Å². The van der Waals surface area contributed by atoms with Crippen LogP contribution in [0.15, 0.2) is 48.7 Å². The number of rotatable bonds is 7. The van der Waals surface area contributed by atoms with Crippen LogP contribution in [0.1, 0.15) is 6.42 Å². The van der Waals surface area contributed by atoms with Crippen LogP contribution < -0.4 is 15.0 Å². The van der Waals surface area contributed by atoms with Gasteiger partial charge in [0.2, 0.25) is 0 Å². The van der Waals surface area contributed by atoms with E-state index in [4.69, 9.17) is 9.84 Å². The van der Waals surface area contributed by atoms with Crippen molar-refractivity contribution in [3.8, 4) is 16.9 Å². The summed E-state index contributed by atoms with van der Waals surface area (Å²) in [6, 6.07) is 14.0. The molecule has 0 aliphatic carbocycles. The number of aliphatic carboxylic acids is 1. The minimum Gasteiger partial charge on any atom is -0.496 e. The molecule has 0 spiro atoms. The van der Waals surface area contributed by atoms with Gasteiger partial charge >= 0.3 is 5.97 Å². The molecule has 27 heavy (non-hydrogen) atoms. The first-order valence-corrected chi connectivity index (χ1v) is 8.70. The molecule has 0 amide bonds. The average molecular weight is 365 g/mol. The van der Waals surface area contributed by atoms with Crippen LogP contribution in [0.5, 0.6) is 5.75 Å². The van der Waals surface area contributed by atoms with E-state index in [0.717, 1.165) is 33.3 Å². The summed E-state index contributed by atoms with van der Waals surface area (Å²) in [5.74, 6) is 0.615. The predicted molar refractivity (Wildman–Crippen MR) is 109 cm³/mol. The topological polar surface area (TPSA) is 74.7 Å². The Kier molecular flexibility index (Phi) is 5.45. The number of carboxylic acids is 1. The lowest BCUT2D eigenvalue weighted by Crippen LogP contribution is -2.10. The number of carbonyl (C=O) groups is 1. The number of para-hydroxylation sites is 1. The second-order valence-electron chi connectivity index (χ2n) is 6.42. The van der Waals surface area contributed by atoms with Gasteiger partial charge in [-0.05, 0) is 23.6 Å². The van der Waals surface area contributed by atoms with Gasteiger partial charge in [-0.15, -0.1) is 0 Å². The molecule has 140 valence electrons. The molecule has 3 rings (SSSR count). The Morgan fingerprint density at radius 3 is 2.63 bits per heavy atom. The monoisotopic (exact) mass is 365 g/mol. The second-order valence-corrected chi connectivity index (χ2v) is 6.42. The molecule has 0 fully saturated rings. The third kappa shape index (κ3) is 3.95. The molecule has 0 atom stereocenters. The van der Waals surface area contributed by atoms with Crippen LogP contribution in [0, 0.1) is 0 Å². The molecule has 1 heterocycles. The Bertz CT molecular complexity index is 970. The molecule has 0 radical (unpaired) electrons. The lowest BCUT2D eigenvalue weighted by Gasteiger charge is -2.17. The van der Waals surface area contributed by atoms with Gasteiger partial charge in [0.05, 0.1) is 13.5 Å². The zero-order valence-corrected chi connectivity index (χ0v) is 15.7. The number of pyridine rings is 1. The summed E-state index contributed by atoms with van der Waals surface area (Å²) in [6.45, 7) is 0.317. The fourth-order valence-corrected chi connectivity index (χ4v) is 3.02. The van der Waals surface area contributed by atoms with Gasteiger partial charge in [-0.1, -0.05) is 24.3 Å². The van der Waals surface area contributed by atoms with Crippen LogP contribution in [-0.2, 0) is 4.79 Å². The molecule has 3 aromatic rings. The van der Waals surface area contributed by atoms with Crippen molar-refractivity contribution >= 4 is 28.2 Å². The molecule has 6 heteroatoms. The zero-order chi connectivity index (χ0) is 19.4. The number of ether oxygens (including phenoxy) is 1. The molecule has 0 bridgehead atoms. The SMILES string of the molecule is COc1ccccc1-c1cnc(NCCC(=O)O)c2cc(N(C)C)ccc12. The van der Waals surface area contributed by atoms with Gasteiger partial charge in [0.15, 0.2) is 0 Å². The van der Waals surface area contributed by atoms with E-state index in [1.54, 1.807) is 13.3 Å². The van der Waals surface area contributed by atoms with Crippen molar-refractivity contribution in [1.82, 2.24) is 4.98 Å². The fraction of sp³-hybridized carbons (Fsp3) is 0.238. The number of nitrogens with zero attached hydrogens (tertiary/aromatic N) is 2. The summed E-state index contributed by atoms with van der Waals surface area (Å²) in [6.07, 6.45) is 1.84. The van der Waals surface area contributed by atoms with E-state index >= 15 is 0 Å². The van der Waals surface area contributed by atoms with Crippen molar-refractivity contribution in [2.45, 2.75) is 6.42 Å². The third-order valence-corrected chi connectivity index (χ3v) is 4.42. The van der Waals surface area contributed by atoms with Gasteiger partial charge < -0.3 is 20.1 Å². The van der Waals surface area contributed by atoms with Gasteiger partial charge in [-0.3, -0.25) is 4.79 Å². The van der Waals surface area contributed by atoms with Gasteiger partial charge in [0.25, 0.3) is 0 Å². The highest BCUT2D eigenvalue weighted by atomic mass is 16.5. The summed E-state index contributed by atoms with van der Waals surface area (Å²) in [4.78, 5) is 17.4. The number of hydrogen-bond acceptors (Lipinski definition) is 5. The summed E-state index contributed by atoms with van der Waals surface area (Å²) in [7, 11) is 5.62. The molecule has 0 saturated heterocycles. The number of carboxylic acid groups (broad SMARTS) is 1. The van der Waals surface area contributed by atoms with Crippen LogP contribution in [0.3, 0.4) is 0 Å². The normalized spacial score (nSPS) is 10.6. The maximum absolute atomic E-state index is 10.8. The van der Waals surface area contributed by atoms with Gasteiger partial charge in [-0.2, -0.15) is 0 Å². The van der Waals surface area contributed by atoms with E-state index in [2.05, 4.69) is 28.5 Å². The third-order valence-electron chi connectivity index (χ3n) is 4.42. The standard InChI is InChI=1S/C21H23N3O3/c1-24(2)14-8-9-15-17(12-14)21(22-11-10-20(25)26)23-13-18(15)16-6-4-5-7-19(16)27-3/h4-9,12-13H,10-11H2,1-3H3,(H,22,23)(H,25,26). The summed E-state index contributed by atoms with van der Waals surface area (Å²) >= 11 is 0. The number of benzene rings is 2. The van der Waals surface area contributed by atoms with Crippen LogP contribution in [0.2, 0.25) is 0 Å². The summed E-state index contributed by atoms with van der Waals surface area (Å²) < 4.78 is 5.52. The summed E-state index contributed by atoms with van der Waals surface area (Å²) in [5.41, 5.74) is 2.98. The number of aromatic nitrogens is 1. The number of anilines is 2. The van der Waals surface area contributed by atoms with Crippen molar-refractivity contribution in [1.29, 1.82) is 0 Å². The van der Waals surface area contributed by atoms with Crippen molar-refractivity contribution < 1.29 is 14.6 Å². The van der Waals surface area contributed by atoms with E-state index in [-0.39, 0.29) is 6.42 Å². The number of methoxy groups -OCH3 is 1. The van der Waals surface area contributed by atoms with Crippen molar-refractivity contribution in [3.63, 3.8) is 0 Å². The van der Waals surface area contributed by atoms with E-state index < -0.39 is 5.97 Å². The quantitative estimate of drug-likeness (QED) is 0.662. The molecular weight excluding hydrogens is 342 g/mol. The lowest BCUT2D eigenvalue weighted by molar-refractivity contribution is -0.136. The molecule has 0 unspecified atom stereocenters. The Hall–Kier alpha value is -3.28. The molecule has 0 aliphatic heterocycles. The first-order valence-electron chi connectivity index (χ1n) is 8.70. The van der Waals surface area contributed by atoms with E-state index in [1.165, 1.54) is 0 Å². The average Bonchev–Trinajstić information content (AvgIpc) is 2.67.